The molecule has 106 valence electrons. The van der Waals surface area contributed by atoms with E-state index < -0.39 is 12.0 Å². The van der Waals surface area contributed by atoms with Gasteiger partial charge in [-0.15, -0.1) is 0 Å². The van der Waals surface area contributed by atoms with Gasteiger partial charge in [0.1, 0.15) is 5.82 Å². The Kier molecular flexibility index (Phi) is 5.00. The molecule has 2 aromatic carbocycles. The summed E-state index contributed by atoms with van der Waals surface area (Å²) in [7, 11) is 0. The van der Waals surface area contributed by atoms with Crippen molar-refractivity contribution in [2.24, 2.45) is 5.73 Å². The molecule has 0 aromatic heterocycles. The zero-order valence-electron chi connectivity index (χ0n) is 10.6. The van der Waals surface area contributed by atoms with Gasteiger partial charge < -0.3 is 10.8 Å². The van der Waals surface area contributed by atoms with Crippen molar-refractivity contribution in [1.82, 2.24) is 0 Å². The molecule has 2 rings (SSSR count). The highest BCUT2D eigenvalue weighted by molar-refractivity contribution is 6.42. The fourth-order valence-electron chi connectivity index (χ4n) is 2.11. The maximum Gasteiger partial charge on any atom is 0.123 e. The third kappa shape index (κ3) is 3.30. The third-order valence-electron chi connectivity index (χ3n) is 3.20. The highest BCUT2D eigenvalue weighted by atomic mass is 35.5. The van der Waals surface area contributed by atoms with Gasteiger partial charge in [0.05, 0.1) is 16.1 Å². The molecule has 0 saturated carbocycles. The van der Waals surface area contributed by atoms with E-state index in [1.165, 1.54) is 12.1 Å². The molecule has 2 nitrogen and oxygen atoms in total. The maximum atomic E-state index is 13.3. The monoisotopic (exact) mass is 313 g/mol. The van der Waals surface area contributed by atoms with Crippen LogP contribution >= 0.6 is 23.2 Å². The molecule has 2 unspecified atom stereocenters. The van der Waals surface area contributed by atoms with E-state index in [2.05, 4.69) is 0 Å². The number of aliphatic hydroxyl groups is 1. The minimum absolute atomic E-state index is 0.185. The molecule has 20 heavy (non-hydrogen) atoms. The van der Waals surface area contributed by atoms with Gasteiger partial charge in [0.25, 0.3) is 0 Å². The fourth-order valence-corrected chi connectivity index (χ4v) is 2.42. The lowest BCUT2D eigenvalue weighted by Gasteiger charge is -2.22. The molecule has 0 amide bonds. The molecular formula is C15H14Cl2FNO. The lowest BCUT2D eigenvalue weighted by atomic mass is 9.89. The number of hydrogen-bond donors (Lipinski definition) is 2. The van der Waals surface area contributed by atoms with Crippen LogP contribution in [0, 0.1) is 5.82 Å². The van der Waals surface area contributed by atoms with Crippen molar-refractivity contribution < 1.29 is 9.50 Å². The van der Waals surface area contributed by atoms with Crippen molar-refractivity contribution in [3.05, 3.63) is 69.5 Å². The average molecular weight is 314 g/mol. The van der Waals surface area contributed by atoms with E-state index in [0.29, 0.717) is 21.2 Å². The standard InChI is InChI=1S/C15H14Cl2FNO/c16-13-5-4-10(7-14(13)17)15(20)12(8-19)9-2-1-3-11(18)6-9/h1-7,12,15,20H,8,19H2. The molecule has 0 fully saturated rings. The van der Waals surface area contributed by atoms with Crippen LogP contribution in [0.3, 0.4) is 0 Å². The van der Waals surface area contributed by atoms with Gasteiger partial charge in [0.2, 0.25) is 0 Å². The Morgan fingerprint density at radius 3 is 2.40 bits per heavy atom. The lowest BCUT2D eigenvalue weighted by Crippen LogP contribution is -2.20. The van der Waals surface area contributed by atoms with Crippen LogP contribution in [0.1, 0.15) is 23.1 Å². The highest BCUT2D eigenvalue weighted by Gasteiger charge is 2.22. The van der Waals surface area contributed by atoms with Crippen molar-refractivity contribution in [2.45, 2.75) is 12.0 Å². The predicted molar refractivity (Wildman–Crippen MR) is 79.6 cm³/mol. The molecule has 2 atom stereocenters. The van der Waals surface area contributed by atoms with Crippen LogP contribution in [-0.2, 0) is 0 Å². The largest absolute Gasteiger partial charge is 0.388 e. The summed E-state index contributed by atoms with van der Waals surface area (Å²) in [5.74, 6) is -0.773. The predicted octanol–water partition coefficient (Wildman–Crippen LogP) is 3.91. The van der Waals surface area contributed by atoms with Gasteiger partial charge in [0, 0.05) is 12.5 Å². The summed E-state index contributed by atoms with van der Waals surface area (Å²) in [5.41, 5.74) is 6.96. The van der Waals surface area contributed by atoms with Crippen LogP contribution in [0.5, 0.6) is 0 Å². The Hall–Kier alpha value is -1.13. The normalized spacial score (nSPS) is 14.1. The zero-order valence-corrected chi connectivity index (χ0v) is 12.1. The molecule has 0 saturated heterocycles. The van der Waals surface area contributed by atoms with E-state index in [0.717, 1.165) is 0 Å². The van der Waals surface area contributed by atoms with Gasteiger partial charge in [-0.1, -0.05) is 41.4 Å². The molecule has 0 aliphatic carbocycles. The first-order chi connectivity index (χ1) is 9.52. The number of hydrogen-bond acceptors (Lipinski definition) is 2. The molecule has 0 radical (unpaired) electrons. The van der Waals surface area contributed by atoms with Crippen LogP contribution in [-0.4, -0.2) is 11.7 Å². The van der Waals surface area contributed by atoms with Crippen LogP contribution < -0.4 is 5.73 Å². The second-order valence-corrected chi connectivity index (χ2v) is 5.33. The van der Waals surface area contributed by atoms with Crippen LogP contribution in [0.4, 0.5) is 4.39 Å². The lowest BCUT2D eigenvalue weighted by molar-refractivity contribution is 0.147. The van der Waals surface area contributed by atoms with Crippen molar-refractivity contribution in [3.63, 3.8) is 0 Å². The summed E-state index contributed by atoms with van der Waals surface area (Å²) in [4.78, 5) is 0. The number of benzene rings is 2. The molecule has 0 heterocycles. The Bertz CT molecular complexity index is 606. The highest BCUT2D eigenvalue weighted by Crippen LogP contribution is 2.33. The maximum absolute atomic E-state index is 13.3. The Balaban J connectivity index is 2.33. The number of nitrogens with two attached hydrogens (primary N) is 1. The van der Waals surface area contributed by atoms with Gasteiger partial charge in [-0.2, -0.15) is 0 Å². The molecule has 2 aromatic rings. The van der Waals surface area contributed by atoms with Crippen LogP contribution in [0.15, 0.2) is 42.5 Å². The Morgan fingerprint density at radius 1 is 1.05 bits per heavy atom. The summed E-state index contributed by atoms with van der Waals surface area (Å²) < 4.78 is 13.3. The van der Waals surface area contributed by atoms with Crippen molar-refractivity contribution >= 4 is 23.2 Å². The number of halogens is 3. The molecule has 0 aliphatic heterocycles. The van der Waals surface area contributed by atoms with Gasteiger partial charge >= 0.3 is 0 Å². The van der Waals surface area contributed by atoms with Crippen LogP contribution in [0.25, 0.3) is 0 Å². The first-order valence-corrected chi connectivity index (χ1v) is 6.87. The van der Waals surface area contributed by atoms with Crippen LogP contribution in [0.2, 0.25) is 10.0 Å². The fraction of sp³-hybridized carbons (Fsp3) is 0.200. The summed E-state index contributed by atoms with van der Waals surface area (Å²) in [6.45, 7) is 0.185. The first-order valence-electron chi connectivity index (χ1n) is 6.11. The second kappa shape index (κ2) is 6.55. The SMILES string of the molecule is NCC(c1cccc(F)c1)C(O)c1ccc(Cl)c(Cl)c1. The van der Waals surface area contributed by atoms with E-state index in [-0.39, 0.29) is 12.4 Å². The summed E-state index contributed by atoms with van der Waals surface area (Å²) in [6, 6.07) is 10.9. The summed E-state index contributed by atoms with van der Waals surface area (Å²) in [5, 5.41) is 11.2. The van der Waals surface area contributed by atoms with Gasteiger partial charge in [-0.05, 0) is 35.4 Å². The molecule has 0 aliphatic rings. The third-order valence-corrected chi connectivity index (χ3v) is 3.94. The Labute approximate surface area is 126 Å². The number of rotatable bonds is 4. The molecular weight excluding hydrogens is 300 g/mol. The van der Waals surface area contributed by atoms with E-state index in [1.54, 1.807) is 30.3 Å². The van der Waals surface area contributed by atoms with Gasteiger partial charge in [-0.3, -0.25) is 0 Å². The molecule has 3 N–H and O–H groups in total. The number of aliphatic hydroxyl groups excluding tert-OH is 1. The summed E-state index contributed by atoms with van der Waals surface area (Å²) >= 11 is 11.8. The van der Waals surface area contributed by atoms with Crippen molar-refractivity contribution in [3.8, 4) is 0 Å². The van der Waals surface area contributed by atoms with Crippen molar-refractivity contribution in [1.29, 1.82) is 0 Å². The smallest absolute Gasteiger partial charge is 0.123 e. The van der Waals surface area contributed by atoms with E-state index in [1.807, 2.05) is 0 Å². The second-order valence-electron chi connectivity index (χ2n) is 4.52. The minimum atomic E-state index is -0.878. The topological polar surface area (TPSA) is 46.2 Å². The average Bonchev–Trinajstić information content (AvgIpc) is 2.42. The zero-order chi connectivity index (χ0) is 14.7. The van der Waals surface area contributed by atoms with E-state index in [9.17, 15) is 9.50 Å². The van der Waals surface area contributed by atoms with E-state index in [4.69, 9.17) is 28.9 Å². The Morgan fingerprint density at radius 2 is 1.80 bits per heavy atom. The van der Waals surface area contributed by atoms with Crippen molar-refractivity contribution in [2.75, 3.05) is 6.54 Å². The quantitative estimate of drug-likeness (QED) is 0.899. The van der Waals surface area contributed by atoms with E-state index >= 15 is 0 Å². The molecule has 0 bridgehead atoms. The minimum Gasteiger partial charge on any atom is -0.388 e. The van der Waals surface area contributed by atoms with Gasteiger partial charge in [-0.25, -0.2) is 4.39 Å². The van der Waals surface area contributed by atoms with Gasteiger partial charge in [0.15, 0.2) is 0 Å². The molecule has 5 heteroatoms. The summed E-state index contributed by atoms with van der Waals surface area (Å²) in [6.07, 6.45) is -0.878. The first kappa shape index (κ1) is 15.3. The molecule has 0 spiro atoms.